The van der Waals surface area contributed by atoms with Crippen molar-refractivity contribution in [1.82, 2.24) is 4.90 Å². The summed E-state index contributed by atoms with van der Waals surface area (Å²) in [5, 5.41) is 9.00. The monoisotopic (exact) mass is 245 g/mol. The van der Waals surface area contributed by atoms with E-state index in [1.165, 1.54) is 25.7 Å². The largest absolute Gasteiger partial charge is 0.478 e. The second-order valence-corrected chi connectivity index (χ2v) is 4.76. The minimum Gasteiger partial charge on any atom is -0.478 e. The minimum absolute atomic E-state index is 0. The van der Waals surface area contributed by atoms with E-state index in [9.17, 15) is 4.79 Å². The van der Waals surface area contributed by atoms with E-state index in [1.807, 2.05) is 6.08 Å². The van der Waals surface area contributed by atoms with Crippen molar-refractivity contribution in [2.75, 3.05) is 13.6 Å². The Kier molecular flexibility index (Phi) is 4.81. The van der Waals surface area contributed by atoms with Gasteiger partial charge >= 0.3 is 5.97 Å². The molecule has 2 aliphatic rings. The van der Waals surface area contributed by atoms with Gasteiger partial charge in [-0.05, 0) is 32.2 Å². The molecule has 1 atom stereocenters. The fourth-order valence-electron chi connectivity index (χ4n) is 2.84. The van der Waals surface area contributed by atoms with Gasteiger partial charge in [-0.3, -0.25) is 4.90 Å². The van der Waals surface area contributed by atoms with Crippen LogP contribution in [0.2, 0.25) is 0 Å². The van der Waals surface area contributed by atoms with Gasteiger partial charge in [-0.15, -0.1) is 12.4 Å². The van der Waals surface area contributed by atoms with Crippen molar-refractivity contribution in [2.45, 2.75) is 38.1 Å². The lowest BCUT2D eigenvalue weighted by molar-refractivity contribution is -0.133. The fourth-order valence-corrected chi connectivity index (χ4v) is 2.84. The summed E-state index contributed by atoms with van der Waals surface area (Å²) in [7, 11) is 2.11. The molecule has 0 aromatic carbocycles. The van der Waals surface area contributed by atoms with Gasteiger partial charge < -0.3 is 5.11 Å². The zero-order valence-electron chi connectivity index (χ0n) is 9.69. The number of carboxylic acid groups (broad SMARTS) is 1. The predicted molar refractivity (Wildman–Crippen MR) is 66.0 cm³/mol. The van der Waals surface area contributed by atoms with Crippen LogP contribution >= 0.6 is 12.4 Å². The lowest BCUT2D eigenvalue weighted by Crippen LogP contribution is -2.40. The van der Waals surface area contributed by atoms with Crippen LogP contribution in [0.3, 0.4) is 0 Å². The van der Waals surface area contributed by atoms with Crippen LogP contribution in [-0.4, -0.2) is 35.6 Å². The van der Waals surface area contributed by atoms with Gasteiger partial charge in [-0.1, -0.05) is 18.9 Å². The average molecular weight is 246 g/mol. The van der Waals surface area contributed by atoms with Gasteiger partial charge in [0, 0.05) is 18.2 Å². The van der Waals surface area contributed by atoms with E-state index in [-0.39, 0.29) is 12.4 Å². The summed E-state index contributed by atoms with van der Waals surface area (Å²) >= 11 is 0. The van der Waals surface area contributed by atoms with Crippen LogP contribution in [0.15, 0.2) is 11.6 Å². The van der Waals surface area contributed by atoms with E-state index in [2.05, 4.69) is 11.9 Å². The molecule has 2 rings (SSSR count). The summed E-state index contributed by atoms with van der Waals surface area (Å²) in [4.78, 5) is 13.2. The van der Waals surface area contributed by atoms with Crippen molar-refractivity contribution in [1.29, 1.82) is 0 Å². The van der Waals surface area contributed by atoms with Crippen molar-refractivity contribution in [3.63, 3.8) is 0 Å². The molecule has 0 aromatic rings. The molecule has 92 valence electrons. The normalized spacial score (nSPS) is 27.3. The maximum Gasteiger partial charge on any atom is 0.331 e. The third-order valence-electron chi connectivity index (χ3n) is 3.77. The number of nitrogens with zero attached hydrogens (tertiary/aromatic N) is 1. The molecule has 16 heavy (non-hydrogen) atoms. The highest BCUT2D eigenvalue weighted by Gasteiger charge is 2.30. The molecule has 0 spiro atoms. The first-order valence-corrected chi connectivity index (χ1v) is 5.82. The molecule has 1 saturated carbocycles. The Morgan fingerprint density at radius 3 is 2.62 bits per heavy atom. The lowest BCUT2D eigenvalue weighted by Gasteiger charge is -2.34. The van der Waals surface area contributed by atoms with Gasteiger partial charge in [-0.2, -0.15) is 0 Å². The van der Waals surface area contributed by atoms with Crippen LogP contribution in [0.4, 0.5) is 0 Å². The second-order valence-electron chi connectivity index (χ2n) is 4.76. The molecule has 1 N–H and O–H groups in total. The molecule has 1 unspecified atom stereocenters. The van der Waals surface area contributed by atoms with Gasteiger partial charge in [-0.25, -0.2) is 4.79 Å². The van der Waals surface area contributed by atoms with Crippen molar-refractivity contribution < 1.29 is 9.90 Å². The molecular weight excluding hydrogens is 226 g/mol. The summed E-state index contributed by atoms with van der Waals surface area (Å²) in [6.45, 7) is 0.888. The van der Waals surface area contributed by atoms with Crippen LogP contribution < -0.4 is 0 Å². The molecule has 0 amide bonds. The first-order valence-electron chi connectivity index (χ1n) is 5.82. The van der Waals surface area contributed by atoms with E-state index in [4.69, 9.17) is 5.11 Å². The number of hydrogen-bond acceptors (Lipinski definition) is 2. The molecule has 3 nitrogen and oxygen atoms in total. The molecule has 0 aromatic heterocycles. The standard InChI is InChI=1S/C12H19NO2.ClH/c1-13-7-6-10(12(14)15)8-11(13)9-4-2-3-5-9;/h8-9,11H,2-7H2,1H3,(H,14,15);1H. The van der Waals surface area contributed by atoms with E-state index in [0.29, 0.717) is 24.0 Å². The zero-order valence-corrected chi connectivity index (χ0v) is 10.5. The lowest BCUT2D eigenvalue weighted by atomic mass is 9.91. The molecule has 0 saturated heterocycles. The zero-order chi connectivity index (χ0) is 10.8. The quantitative estimate of drug-likeness (QED) is 0.812. The summed E-state index contributed by atoms with van der Waals surface area (Å²) < 4.78 is 0. The van der Waals surface area contributed by atoms with Crippen molar-refractivity contribution in [3.8, 4) is 0 Å². The Bertz CT molecular complexity index is 285. The Hall–Kier alpha value is -0.540. The van der Waals surface area contributed by atoms with E-state index < -0.39 is 5.97 Å². The first-order chi connectivity index (χ1) is 7.18. The molecule has 1 heterocycles. The molecule has 4 heteroatoms. The Labute approximate surface area is 103 Å². The highest BCUT2D eigenvalue weighted by Crippen LogP contribution is 2.33. The number of likely N-dealkylation sites (N-methyl/N-ethyl adjacent to an activating group) is 1. The number of halogens is 1. The number of carboxylic acids is 1. The topological polar surface area (TPSA) is 40.5 Å². The third-order valence-corrected chi connectivity index (χ3v) is 3.77. The van der Waals surface area contributed by atoms with E-state index in [0.717, 1.165) is 6.54 Å². The summed E-state index contributed by atoms with van der Waals surface area (Å²) in [5.74, 6) is -0.0456. The first kappa shape index (κ1) is 13.5. The Balaban J connectivity index is 0.00000128. The number of carbonyl (C=O) groups is 1. The van der Waals surface area contributed by atoms with Gasteiger partial charge in [0.1, 0.15) is 0 Å². The number of hydrogen-bond donors (Lipinski definition) is 1. The van der Waals surface area contributed by atoms with Crippen LogP contribution in [0.1, 0.15) is 32.1 Å². The summed E-state index contributed by atoms with van der Waals surface area (Å²) in [6.07, 6.45) is 7.82. The minimum atomic E-state index is -0.730. The summed E-state index contributed by atoms with van der Waals surface area (Å²) in [5.41, 5.74) is 0.616. The molecule has 1 aliphatic carbocycles. The third kappa shape index (κ3) is 2.77. The maximum atomic E-state index is 10.9. The molecular formula is C12H20ClNO2. The maximum absolute atomic E-state index is 10.9. The summed E-state index contributed by atoms with van der Waals surface area (Å²) in [6, 6.07) is 0.368. The molecule has 1 fully saturated rings. The second kappa shape index (κ2) is 5.69. The van der Waals surface area contributed by atoms with Crippen molar-refractivity contribution in [3.05, 3.63) is 11.6 Å². The highest BCUT2D eigenvalue weighted by atomic mass is 35.5. The van der Waals surface area contributed by atoms with Gasteiger partial charge in [0.25, 0.3) is 0 Å². The SMILES string of the molecule is CN1CCC(C(=O)O)=CC1C1CCCC1.Cl. The fraction of sp³-hybridized carbons (Fsp3) is 0.750. The molecule has 1 aliphatic heterocycles. The average Bonchev–Trinajstić information content (AvgIpc) is 2.71. The van der Waals surface area contributed by atoms with Gasteiger partial charge in [0.05, 0.1) is 0 Å². The molecule has 0 radical (unpaired) electrons. The number of rotatable bonds is 2. The Morgan fingerprint density at radius 1 is 1.44 bits per heavy atom. The predicted octanol–water partition coefficient (Wildman–Crippen LogP) is 2.31. The van der Waals surface area contributed by atoms with E-state index in [1.54, 1.807) is 0 Å². The van der Waals surface area contributed by atoms with Crippen molar-refractivity contribution >= 4 is 18.4 Å². The van der Waals surface area contributed by atoms with Crippen LogP contribution in [0, 0.1) is 5.92 Å². The van der Waals surface area contributed by atoms with E-state index >= 15 is 0 Å². The van der Waals surface area contributed by atoms with Crippen molar-refractivity contribution in [2.24, 2.45) is 5.92 Å². The van der Waals surface area contributed by atoms with Gasteiger partial charge in [0.15, 0.2) is 0 Å². The Morgan fingerprint density at radius 2 is 2.06 bits per heavy atom. The number of aliphatic carboxylic acids is 1. The van der Waals surface area contributed by atoms with Gasteiger partial charge in [0.2, 0.25) is 0 Å². The smallest absolute Gasteiger partial charge is 0.331 e. The van der Waals surface area contributed by atoms with Crippen LogP contribution in [0.25, 0.3) is 0 Å². The highest BCUT2D eigenvalue weighted by molar-refractivity contribution is 5.86. The van der Waals surface area contributed by atoms with Crippen LogP contribution in [-0.2, 0) is 4.79 Å². The van der Waals surface area contributed by atoms with Crippen LogP contribution in [0.5, 0.6) is 0 Å². The molecule has 0 bridgehead atoms.